The average molecular weight is 264 g/mol. The molecule has 1 unspecified atom stereocenters. The van der Waals surface area contributed by atoms with E-state index in [4.69, 9.17) is 25.4 Å². The Morgan fingerprint density at radius 3 is 3.00 bits per heavy atom. The normalized spacial score (nSPS) is 18.5. The topological polar surface area (TPSA) is 77.6 Å². The maximum absolute atomic E-state index is 7.45. The standard InChI is InChI=1S/C14H20N2O3/c1-17-13-7-10(4-5-12(13)14(15)16)8-18-9-11-3-2-6-19-11/h4-5,7,11H,2-3,6,8-9H2,1H3,(H3,15,16). The molecule has 1 atom stereocenters. The van der Waals surface area contributed by atoms with Gasteiger partial charge in [0.1, 0.15) is 11.6 Å². The van der Waals surface area contributed by atoms with Gasteiger partial charge in [0.15, 0.2) is 0 Å². The molecule has 0 amide bonds. The Hall–Kier alpha value is -1.59. The molecule has 5 nitrogen and oxygen atoms in total. The van der Waals surface area contributed by atoms with Gasteiger partial charge < -0.3 is 19.9 Å². The second-order valence-electron chi connectivity index (χ2n) is 4.60. The van der Waals surface area contributed by atoms with Crippen molar-refractivity contribution in [2.24, 2.45) is 5.73 Å². The Balaban J connectivity index is 1.91. The van der Waals surface area contributed by atoms with Gasteiger partial charge in [-0.3, -0.25) is 5.41 Å². The van der Waals surface area contributed by atoms with Crippen LogP contribution in [0.1, 0.15) is 24.0 Å². The quantitative estimate of drug-likeness (QED) is 0.605. The Morgan fingerprint density at radius 1 is 1.53 bits per heavy atom. The molecule has 0 spiro atoms. The molecule has 1 aliphatic heterocycles. The summed E-state index contributed by atoms with van der Waals surface area (Å²) >= 11 is 0. The van der Waals surface area contributed by atoms with Crippen LogP contribution in [-0.2, 0) is 16.1 Å². The van der Waals surface area contributed by atoms with Crippen LogP contribution in [0.3, 0.4) is 0 Å². The predicted molar refractivity (Wildman–Crippen MR) is 72.6 cm³/mol. The third-order valence-electron chi connectivity index (χ3n) is 3.15. The molecule has 2 rings (SSSR count). The molecule has 0 aliphatic carbocycles. The van der Waals surface area contributed by atoms with Crippen molar-refractivity contribution >= 4 is 5.84 Å². The van der Waals surface area contributed by atoms with Crippen LogP contribution >= 0.6 is 0 Å². The summed E-state index contributed by atoms with van der Waals surface area (Å²) in [6.07, 6.45) is 2.43. The molecule has 1 heterocycles. The van der Waals surface area contributed by atoms with Crippen LogP contribution < -0.4 is 10.5 Å². The maximum Gasteiger partial charge on any atom is 0.130 e. The number of methoxy groups -OCH3 is 1. The number of nitrogens with one attached hydrogen (secondary N) is 1. The number of ether oxygens (including phenoxy) is 3. The molecular formula is C14H20N2O3. The number of nitrogens with two attached hydrogens (primary N) is 1. The van der Waals surface area contributed by atoms with Crippen molar-refractivity contribution in [3.8, 4) is 5.75 Å². The molecular weight excluding hydrogens is 244 g/mol. The fourth-order valence-electron chi connectivity index (χ4n) is 2.13. The maximum atomic E-state index is 7.45. The van der Waals surface area contributed by atoms with Gasteiger partial charge in [-0.25, -0.2) is 0 Å². The van der Waals surface area contributed by atoms with Gasteiger partial charge in [-0.15, -0.1) is 0 Å². The zero-order valence-corrected chi connectivity index (χ0v) is 11.1. The molecule has 1 aromatic carbocycles. The lowest BCUT2D eigenvalue weighted by Gasteiger charge is -2.12. The fourth-order valence-corrected chi connectivity index (χ4v) is 2.13. The van der Waals surface area contributed by atoms with E-state index in [1.165, 1.54) is 0 Å². The lowest BCUT2D eigenvalue weighted by atomic mass is 10.1. The van der Waals surface area contributed by atoms with Gasteiger partial charge in [0.2, 0.25) is 0 Å². The summed E-state index contributed by atoms with van der Waals surface area (Å²) < 4.78 is 16.4. The van der Waals surface area contributed by atoms with Crippen LogP contribution in [0.4, 0.5) is 0 Å². The molecule has 1 fully saturated rings. The first-order valence-corrected chi connectivity index (χ1v) is 6.41. The summed E-state index contributed by atoms with van der Waals surface area (Å²) in [5.74, 6) is 0.606. The summed E-state index contributed by atoms with van der Waals surface area (Å²) in [4.78, 5) is 0. The number of benzene rings is 1. The molecule has 19 heavy (non-hydrogen) atoms. The molecule has 0 bridgehead atoms. The fraction of sp³-hybridized carbons (Fsp3) is 0.500. The van der Waals surface area contributed by atoms with Gasteiger partial charge >= 0.3 is 0 Å². The van der Waals surface area contributed by atoms with Gasteiger partial charge in [-0.1, -0.05) is 6.07 Å². The number of amidine groups is 1. The third-order valence-corrected chi connectivity index (χ3v) is 3.15. The van der Waals surface area contributed by atoms with E-state index in [2.05, 4.69) is 0 Å². The summed E-state index contributed by atoms with van der Waals surface area (Å²) in [7, 11) is 1.57. The summed E-state index contributed by atoms with van der Waals surface area (Å²) in [5.41, 5.74) is 7.08. The zero-order valence-electron chi connectivity index (χ0n) is 11.1. The van der Waals surface area contributed by atoms with E-state index in [0.29, 0.717) is 24.5 Å². The van der Waals surface area contributed by atoms with Crippen LogP contribution in [0.5, 0.6) is 5.75 Å². The van der Waals surface area contributed by atoms with Crippen LogP contribution in [0, 0.1) is 5.41 Å². The van der Waals surface area contributed by atoms with Crippen molar-refractivity contribution < 1.29 is 14.2 Å². The number of hydrogen-bond acceptors (Lipinski definition) is 4. The highest BCUT2D eigenvalue weighted by molar-refractivity contribution is 5.97. The average Bonchev–Trinajstić information content (AvgIpc) is 2.91. The monoisotopic (exact) mass is 264 g/mol. The minimum atomic E-state index is 0.00340. The Labute approximate surface area is 113 Å². The van der Waals surface area contributed by atoms with Crippen LogP contribution in [0.25, 0.3) is 0 Å². The molecule has 0 saturated carbocycles. The molecule has 1 aliphatic rings. The van der Waals surface area contributed by atoms with Crippen molar-refractivity contribution in [1.82, 2.24) is 0 Å². The Kier molecular flexibility index (Phi) is 4.76. The Bertz CT molecular complexity index is 442. The van der Waals surface area contributed by atoms with Gasteiger partial charge in [-0.2, -0.15) is 0 Å². The molecule has 1 saturated heterocycles. The number of hydrogen-bond donors (Lipinski definition) is 2. The van der Waals surface area contributed by atoms with Gasteiger partial charge in [0.05, 0.1) is 32.0 Å². The predicted octanol–water partition coefficient (Wildman–Crippen LogP) is 1.67. The SMILES string of the molecule is COc1cc(COCC2CCCO2)ccc1C(=N)N. The highest BCUT2D eigenvalue weighted by Gasteiger charge is 2.15. The van der Waals surface area contributed by atoms with Crippen LogP contribution in [0.2, 0.25) is 0 Å². The van der Waals surface area contributed by atoms with Crippen molar-refractivity contribution in [1.29, 1.82) is 5.41 Å². The molecule has 104 valence electrons. The van der Waals surface area contributed by atoms with E-state index in [-0.39, 0.29) is 11.9 Å². The van der Waals surface area contributed by atoms with E-state index >= 15 is 0 Å². The van der Waals surface area contributed by atoms with E-state index in [1.54, 1.807) is 13.2 Å². The highest BCUT2D eigenvalue weighted by atomic mass is 16.5. The minimum Gasteiger partial charge on any atom is -0.496 e. The first-order valence-electron chi connectivity index (χ1n) is 6.41. The second kappa shape index (κ2) is 6.54. The molecule has 5 heteroatoms. The second-order valence-corrected chi connectivity index (χ2v) is 4.60. The van der Waals surface area contributed by atoms with Crippen molar-refractivity contribution in [3.05, 3.63) is 29.3 Å². The first-order chi connectivity index (χ1) is 9.20. The number of nitrogen functional groups attached to an aromatic ring is 1. The first kappa shape index (κ1) is 13.8. The summed E-state index contributed by atoms with van der Waals surface area (Å²) in [6, 6.07) is 5.53. The van der Waals surface area contributed by atoms with Crippen molar-refractivity contribution in [3.63, 3.8) is 0 Å². The molecule has 3 N–H and O–H groups in total. The van der Waals surface area contributed by atoms with E-state index in [0.717, 1.165) is 25.0 Å². The van der Waals surface area contributed by atoms with Gasteiger partial charge in [0.25, 0.3) is 0 Å². The van der Waals surface area contributed by atoms with Crippen LogP contribution in [0.15, 0.2) is 18.2 Å². The summed E-state index contributed by atoms with van der Waals surface area (Å²) in [6.45, 7) is 1.97. The third kappa shape index (κ3) is 3.68. The Morgan fingerprint density at radius 2 is 2.37 bits per heavy atom. The van der Waals surface area contributed by atoms with Crippen molar-refractivity contribution in [2.45, 2.75) is 25.6 Å². The largest absolute Gasteiger partial charge is 0.496 e. The smallest absolute Gasteiger partial charge is 0.130 e. The molecule has 1 aromatic rings. The summed E-state index contributed by atoms with van der Waals surface area (Å²) in [5, 5.41) is 7.45. The van der Waals surface area contributed by atoms with Gasteiger partial charge in [-0.05, 0) is 30.5 Å². The molecule has 0 aromatic heterocycles. The van der Waals surface area contributed by atoms with Crippen molar-refractivity contribution in [2.75, 3.05) is 20.3 Å². The number of rotatable bonds is 6. The molecule has 0 radical (unpaired) electrons. The lowest BCUT2D eigenvalue weighted by molar-refractivity contribution is 0.0105. The minimum absolute atomic E-state index is 0.00340. The lowest BCUT2D eigenvalue weighted by Crippen LogP contribution is -2.14. The van der Waals surface area contributed by atoms with E-state index in [1.807, 2.05) is 12.1 Å². The van der Waals surface area contributed by atoms with Crippen LogP contribution in [-0.4, -0.2) is 32.3 Å². The van der Waals surface area contributed by atoms with Gasteiger partial charge in [0, 0.05) is 6.61 Å². The zero-order chi connectivity index (χ0) is 13.7. The van der Waals surface area contributed by atoms with E-state index in [9.17, 15) is 0 Å². The van der Waals surface area contributed by atoms with E-state index < -0.39 is 0 Å². The highest BCUT2D eigenvalue weighted by Crippen LogP contribution is 2.20.